The van der Waals surface area contributed by atoms with Crippen LogP contribution in [0.3, 0.4) is 0 Å². The van der Waals surface area contributed by atoms with Crippen molar-refractivity contribution >= 4 is 0 Å². The van der Waals surface area contributed by atoms with Gasteiger partial charge in [0.1, 0.15) is 0 Å². The first kappa shape index (κ1) is 5.52. The van der Waals surface area contributed by atoms with Crippen molar-refractivity contribution in [1.29, 1.82) is 0 Å². The Bertz CT molecular complexity index is 852. The fraction of sp³-hybridized carbons (Fsp3) is 1.00. The zero-order valence-corrected chi connectivity index (χ0v) is 10.5. The Labute approximate surface area is 74.2 Å². The van der Waals surface area contributed by atoms with E-state index in [1.165, 1.54) is 33.8 Å². The first-order valence-corrected chi connectivity index (χ1v) is 16.0. The van der Waals surface area contributed by atoms with Crippen LogP contribution in [0.25, 0.3) is 0 Å². The van der Waals surface area contributed by atoms with Gasteiger partial charge < -0.3 is 0 Å². The first-order chi connectivity index (χ1) is 7.06. The standard InChI is InChI=1S/C7H9O2.C5H5.Ti/c1-8-6-4-3-5-7(6)9-2;1-2-4-5-3-1;/h3-5H,1-2H3;1-5H;. The van der Waals surface area contributed by atoms with Gasteiger partial charge in [-0.1, -0.05) is 0 Å². The second-order valence-corrected chi connectivity index (χ2v) is 45.8. The van der Waals surface area contributed by atoms with Gasteiger partial charge in [-0.25, -0.2) is 0 Å². The predicted octanol–water partition coefficient (Wildman–Crippen LogP) is 2.48. The maximum absolute atomic E-state index is 6.30. The molecule has 0 saturated carbocycles. The minimum absolute atomic E-state index is 0.484. The van der Waals surface area contributed by atoms with Crippen LogP contribution < -0.4 is 0 Å². The zero-order valence-electron chi connectivity index (χ0n) is 8.94. The SMILES string of the molecule is CO[C]12[CH]3[CH]4[CH]5[C]1(OC)[Ti]43521678[CH]2[CH]1[CH]6[CH]7[CH]28. The molecule has 0 aromatic rings. The molecular weight excluding hydrogens is 224 g/mol. The molecule has 0 radical (unpaired) electrons. The van der Waals surface area contributed by atoms with Crippen LogP contribution in [0.5, 0.6) is 0 Å². The van der Waals surface area contributed by atoms with Crippen LogP contribution in [0.15, 0.2) is 0 Å². The molecule has 10 rings (SSSR count). The summed E-state index contributed by atoms with van der Waals surface area (Å²) in [6, 6.07) is 0. The van der Waals surface area contributed by atoms with Gasteiger partial charge in [0.05, 0.1) is 0 Å². The summed E-state index contributed by atoms with van der Waals surface area (Å²) in [6.07, 6.45) is 0. The normalized spacial score (nSPS) is 139. The van der Waals surface area contributed by atoms with E-state index >= 15 is 0 Å². The maximum atomic E-state index is 6.30. The van der Waals surface area contributed by atoms with Gasteiger partial charge in [-0.2, -0.15) is 0 Å². The molecular formula is C12H14O2Ti. The minimum atomic E-state index is -3.55. The van der Waals surface area contributed by atoms with E-state index < -0.39 is 8.89 Å². The van der Waals surface area contributed by atoms with Gasteiger partial charge in [0.25, 0.3) is 0 Å². The summed E-state index contributed by atoms with van der Waals surface area (Å²) in [5.74, 6) is 0. The third-order valence-corrected chi connectivity index (χ3v) is 80.2. The van der Waals surface area contributed by atoms with Crippen LogP contribution in [0.2, 0.25) is 33.8 Å². The number of hydrogen-bond donors (Lipinski definition) is 0. The molecule has 10 heterocycles. The summed E-state index contributed by atoms with van der Waals surface area (Å²) in [4.78, 5) is 0. The van der Waals surface area contributed by atoms with Crippen molar-refractivity contribution < 1.29 is 18.4 Å². The van der Waals surface area contributed by atoms with E-state index in [1.807, 2.05) is 14.2 Å². The molecule has 1 spiro atoms. The summed E-state index contributed by atoms with van der Waals surface area (Å²) in [5.41, 5.74) is 0. The Morgan fingerprint density at radius 1 is 0.733 bits per heavy atom. The zero-order chi connectivity index (χ0) is 9.35. The molecule has 15 heavy (non-hydrogen) atoms. The fourth-order valence-electron chi connectivity index (χ4n) is 25.0. The molecule has 10 saturated heterocycles. The molecule has 10 aliphatic heterocycles. The molecule has 0 N–H and O–H groups in total. The van der Waals surface area contributed by atoms with E-state index in [0.29, 0.717) is 7.81 Å². The summed E-state index contributed by atoms with van der Waals surface area (Å²) in [7, 11) is 0.522. The quantitative estimate of drug-likeness (QED) is 0.688. The van der Waals surface area contributed by atoms with E-state index in [-0.39, 0.29) is 0 Å². The third kappa shape index (κ3) is 0.0428. The molecule has 0 aromatic heterocycles. The topological polar surface area (TPSA) is 18.5 Å². The van der Waals surface area contributed by atoms with Gasteiger partial charge >= 0.3 is 74.2 Å². The average Bonchev–Trinajstić information content (AvgIpc) is 3.21. The molecule has 3 heteroatoms. The second-order valence-electron chi connectivity index (χ2n) is 13.1. The Kier molecular flexibility index (Phi) is 0.143. The Hall–Kier alpha value is 0.634. The molecule has 10 fully saturated rings. The van der Waals surface area contributed by atoms with Gasteiger partial charge in [0, 0.05) is 0 Å². The third-order valence-electron chi connectivity index (χ3n) is 20.8. The van der Waals surface area contributed by atoms with Crippen LogP contribution >= 0.6 is 0 Å². The molecule has 10 aliphatic rings. The molecule has 0 aliphatic carbocycles. The predicted molar refractivity (Wildman–Crippen MR) is 49.5 cm³/mol. The van der Waals surface area contributed by atoms with Crippen molar-refractivity contribution in [2.45, 2.75) is 41.6 Å². The molecule has 78 valence electrons. The summed E-state index contributed by atoms with van der Waals surface area (Å²) >= 11 is 0. The fourth-order valence-corrected chi connectivity index (χ4v) is 146. The summed E-state index contributed by atoms with van der Waals surface area (Å²) in [5, 5.41) is 0. The van der Waals surface area contributed by atoms with Crippen molar-refractivity contribution in [2.24, 2.45) is 0 Å². The summed E-state index contributed by atoms with van der Waals surface area (Å²) in [6.45, 7) is 0. The van der Waals surface area contributed by atoms with Crippen LogP contribution in [-0.4, -0.2) is 22.0 Å². The first-order valence-electron chi connectivity index (χ1n) is 7.19. The van der Waals surface area contributed by atoms with Gasteiger partial charge in [0.2, 0.25) is 0 Å². The van der Waals surface area contributed by atoms with E-state index in [4.69, 9.17) is 9.47 Å². The number of methoxy groups -OCH3 is 2. The van der Waals surface area contributed by atoms with Gasteiger partial charge in [0.15, 0.2) is 0 Å². The average molecular weight is 238 g/mol. The molecule has 2 nitrogen and oxygen atoms in total. The number of fused-ring (bicyclic) bond motifs is 10. The van der Waals surface area contributed by atoms with E-state index in [1.54, 1.807) is 0 Å². The summed E-state index contributed by atoms with van der Waals surface area (Å²) < 4.78 is 23.8. The number of rotatable bonds is 2. The number of ether oxygens (including phenoxy) is 2. The molecule has 0 aromatic carbocycles. The Morgan fingerprint density at radius 3 is 1.27 bits per heavy atom. The van der Waals surface area contributed by atoms with Crippen LogP contribution in [-0.2, 0) is 18.4 Å². The molecule has 0 bridgehead atoms. The second kappa shape index (κ2) is 0.389. The van der Waals surface area contributed by atoms with E-state index in [9.17, 15) is 0 Å². The van der Waals surface area contributed by atoms with Crippen molar-refractivity contribution in [3.05, 3.63) is 0 Å². The monoisotopic (exact) mass is 238 g/mol. The molecule has 4 atom stereocenters. The van der Waals surface area contributed by atoms with Crippen LogP contribution in [0.4, 0.5) is 0 Å². The molecule has 0 amide bonds. The van der Waals surface area contributed by atoms with Crippen molar-refractivity contribution in [1.82, 2.24) is 0 Å². The Morgan fingerprint density at radius 2 is 1.13 bits per heavy atom. The van der Waals surface area contributed by atoms with E-state index in [2.05, 4.69) is 0 Å². The number of hydrogen-bond acceptors (Lipinski definition) is 2. The van der Waals surface area contributed by atoms with Crippen molar-refractivity contribution in [3.8, 4) is 0 Å². The Balaban J connectivity index is 1.90. The molecule has 4 unspecified atom stereocenters. The van der Waals surface area contributed by atoms with Gasteiger partial charge in [-0.3, -0.25) is 0 Å². The van der Waals surface area contributed by atoms with Crippen LogP contribution in [0, 0.1) is 0 Å². The van der Waals surface area contributed by atoms with Gasteiger partial charge in [-0.15, -0.1) is 0 Å². The van der Waals surface area contributed by atoms with Crippen molar-refractivity contribution in [3.63, 3.8) is 0 Å². The van der Waals surface area contributed by atoms with E-state index in [0.717, 1.165) is 0 Å². The van der Waals surface area contributed by atoms with Gasteiger partial charge in [-0.05, 0) is 0 Å². The van der Waals surface area contributed by atoms with Crippen molar-refractivity contribution in [2.75, 3.05) is 14.2 Å². The van der Waals surface area contributed by atoms with Crippen LogP contribution in [0.1, 0.15) is 0 Å².